The third kappa shape index (κ3) is 4.90. The lowest BCUT2D eigenvalue weighted by Gasteiger charge is -2.23. The summed E-state index contributed by atoms with van der Waals surface area (Å²) in [6, 6.07) is 7.49. The molecular weight excluding hydrogens is 330 g/mol. The molecule has 0 radical (unpaired) electrons. The van der Waals surface area contributed by atoms with Crippen molar-refractivity contribution in [1.82, 2.24) is 5.32 Å². The Bertz CT molecular complexity index is 633. The number of benzene rings is 1. The number of carbonyl (C=O) groups excluding carboxylic acids is 1. The molecule has 2 rings (SSSR count). The second kappa shape index (κ2) is 6.58. The van der Waals surface area contributed by atoms with E-state index < -0.39 is 15.4 Å². The summed E-state index contributed by atoms with van der Waals surface area (Å²) in [5.41, 5.74) is -0.620. The molecule has 0 aliphatic carbocycles. The van der Waals surface area contributed by atoms with Crippen LogP contribution < -0.4 is 5.32 Å². The molecule has 1 amide bonds. The predicted octanol–water partition coefficient (Wildman–Crippen LogP) is 2.52. The molecule has 1 atom stereocenters. The van der Waals surface area contributed by atoms with Gasteiger partial charge in [0.2, 0.25) is 5.91 Å². The van der Waals surface area contributed by atoms with E-state index in [9.17, 15) is 13.2 Å². The Labute approximate surface area is 134 Å². The molecule has 1 fully saturated rings. The van der Waals surface area contributed by atoms with Gasteiger partial charge in [-0.3, -0.25) is 4.79 Å². The van der Waals surface area contributed by atoms with Crippen LogP contribution in [0.1, 0.15) is 19.8 Å². The molecule has 1 aromatic carbocycles. The average molecular weight is 348 g/mol. The molecule has 1 unspecified atom stereocenters. The molecule has 1 heterocycles. The Hall–Kier alpha value is -0.720. The number of hydrogen-bond acceptors (Lipinski definition) is 4. The van der Waals surface area contributed by atoms with E-state index in [-0.39, 0.29) is 17.4 Å². The minimum absolute atomic E-state index is 0.0311. The molecule has 1 aromatic rings. The zero-order valence-corrected chi connectivity index (χ0v) is 14.2. The zero-order valence-electron chi connectivity index (χ0n) is 11.8. The minimum Gasteiger partial charge on any atom is -0.350 e. The fourth-order valence-electron chi connectivity index (χ4n) is 2.32. The lowest BCUT2D eigenvalue weighted by molar-refractivity contribution is -0.122. The molecule has 0 spiro atoms. The number of thioether (sulfide) groups is 1. The summed E-state index contributed by atoms with van der Waals surface area (Å²) >= 11 is 7.56. The summed E-state index contributed by atoms with van der Waals surface area (Å²) in [5, 5.41) is 3.52. The van der Waals surface area contributed by atoms with Crippen LogP contribution in [0.25, 0.3) is 0 Å². The molecule has 0 bridgehead atoms. The van der Waals surface area contributed by atoms with Gasteiger partial charge in [-0.25, -0.2) is 8.42 Å². The highest BCUT2D eigenvalue weighted by Gasteiger charge is 2.39. The topological polar surface area (TPSA) is 63.2 Å². The van der Waals surface area contributed by atoms with Gasteiger partial charge >= 0.3 is 0 Å². The maximum atomic E-state index is 11.9. The van der Waals surface area contributed by atoms with E-state index >= 15 is 0 Å². The summed E-state index contributed by atoms with van der Waals surface area (Å²) in [6.45, 7) is 1.79. The van der Waals surface area contributed by atoms with Gasteiger partial charge in [0.15, 0.2) is 9.84 Å². The third-order valence-corrected chi connectivity index (χ3v) is 6.79. The van der Waals surface area contributed by atoms with Crippen LogP contribution in [0.4, 0.5) is 0 Å². The standard InChI is InChI=1S/C14H18ClNO3S2/c1-14(7-9-21(18,19)10-14)16-13(17)6-8-20-12-5-3-2-4-11(12)15/h2-5H,6-10H2,1H3,(H,16,17). The predicted molar refractivity (Wildman–Crippen MR) is 86.6 cm³/mol. The van der Waals surface area contributed by atoms with Crippen molar-refractivity contribution >= 4 is 39.1 Å². The van der Waals surface area contributed by atoms with Crippen LogP contribution in [0.15, 0.2) is 29.2 Å². The molecule has 7 heteroatoms. The number of hydrogen-bond donors (Lipinski definition) is 1. The fraction of sp³-hybridized carbons (Fsp3) is 0.500. The summed E-state index contributed by atoms with van der Waals surface area (Å²) in [4.78, 5) is 12.9. The van der Waals surface area contributed by atoms with Gasteiger partial charge in [-0.1, -0.05) is 23.7 Å². The molecule has 1 N–H and O–H groups in total. The normalized spacial score (nSPS) is 23.9. The van der Waals surface area contributed by atoms with Crippen molar-refractivity contribution in [2.24, 2.45) is 0 Å². The quantitative estimate of drug-likeness (QED) is 0.831. The van der Waals surface area contributed by atoms with Crippen molar-refractivity contribution in [2.75, 3.05) is 17.3 Å². The van der Waals surface area contributed by atoms with E-state index in [0.29, 0.717) is 23.6 Å². The van der Waals surface area contributed by atoms with E-state index in [1.807, 2.05) is 24.3 Å². The molecular formula is C14H18ClNO3S2. The summed E-state index contributed by atoms with van der Waals surface area (Å²) in [6.07, 6.45) is 0.824. The van der Waals surface area contributed by atoms with Gasteiger partial charge in [-0.05, 0) is 25.5 Å². The Morgan fingerprint density at radius 3 is 2.76 bits per heavy atom. The highest BCUT2D eigenvalue weighted by molar-refractivity contribution is 7.99. The summed E-state index contributed by atoms with van der Waals surface area (Å²) in [7, 11) is -3.01. The van der Waals surface area contributed by atoms with Gasteiger partial charge in [0.1, 0.15) is 0 Å². The SMILES string of the molecule is CC1(NC(=O)CCSc2ccccc2Cl)CCS(=O)(=O)C1. The first-order chi connectivity index (χ1) is 9.80. The highest BCUT2D eigenvalue weighted by atomic mass is 35.5. The van der Waals surface area contributed by atoms with Crippen molar-refractivity contribution in [3.63, 3.8) is 0 Å². The molecule has 0 aromatic heterocycles. The maximum absolute atomic E-state index is 11.9. The molecule has 0 saturated carbocycles. The monoisotopic (exact) mass is 347 g/mol. The van der Waals surface area contributed by atoms with E-state index in [2.05, 4.69) is 5.32 Å². The van der Waals surface area contributed by atoms with E-state index in [4.69, 9.17) is 11.6 Å². The smallest absolute Gasteiger partial charge is 0.221 e. The van der Waals surface area contributed by atoms with Crippen molar-refractivity contribution in [3.05, 3.63) is 29.3 Å². The van der Waals surface area contributed by atoms with E-state index in [1.165, 1.54) is 11.8 Å². The first-order valence-corrected chi connectivity index (χ1v) is 9.87. The van der Waals surface area contributed by atoms with Crippen LogP contribution in [0.5, 0.6) is 0 Å². The van der Waals surface area contributed by atoms with Gasteiger partial charge < -0.3 is 5.32 Å². The lowest BCUT2D eigenvalue weighted by atomic mass is 10.0. The molecule has 4 nitrogen and oxygen atoms in total. The molecule has 1 aliphatic rings. The molecule has 1 saturated heterocycles. The van der Waals surface area contributed by atoms with Crippen LogP contribution >= 0.6 is 23.4 Å². The first kappa shape index (κ1) is 16.6. The fourth-order valence-corrected chi connectivity index (χ4v) is 5.60. The number of halogens is 1. The number of nitrogens with one attached hydrogen (secondary N) is 1. The van der Waals surface area contributed by atoms with Gasteiger partial charge in [0, 0.05) is 17.1 Å². The van der Waals surface area contributed by atoms with Crippen molar-refractivity contribution < 1.29 is 13.2 Å². The first-order valence-electron chi connectivity index (χ1n) is 6.68. The summed E-state index contributed by atoms with van der Waals surface area (Å²) in [5.74, 6) is 0.675. The Morgan fingerprint density at radius 2 is 2.14 bits per heavy atom. The second-order valence-electron chi connectivity index (χ2n) is 5.48. The van der Waals surface area contributed by atoms with E-state index in [0.717, 1.165) is 4.90 Å². The van der Waals surface area contributed by atoms with Crippen molar-refractivity contribution in [1.29, 1.82) is 0 Å². The van der Waals surface area contributed by atoms with Gasteiger partial charge in [0.05, 0.1) is 22.1 Å². The largest absolute Gasteiger partial charge is 0.350 e. The van der Waals surface area contributed by atoms with Crippen LogP contribution in [-0.2, 0) is 14.6 Å². The van der Waals surface area contributed by atoms with Crippen LogP contribution in [0.2, 0.25) is 5.02 Å². The second-order valence-corrected chi connectivity index (χ2v) is 9.21. The lowest BCUT2D eigenvalue weighted by Crippen LogP contribution is -2.47. The maximum Gasteiger partial charge on any atom is 0.221 e. The van der Waals surface area contributed by atoms with Gasteiger partial charge in [-0.2, -0.15) is 0 Å². The van der Waals surface area contributed by atoms with Gasteiger partial charge in [-0.15, -0.1) is 11.8 Å². The third-order valence-electron chi connectivity index (χ3n) is 3.37. The Balaban J connectivity index is 1.80. The number of sulfone groups is 1. The van der Waals surface area contributed by atoms with Crippen molar-refractivity contribution in [2.45, 2.75) is 30.2 Å². The average Bonchev–Trinajstić information content (AvgIpc) is 2.65. The van der Waals surface area contributed by atoms with Crippen molar-refractivity contribution in [3.8, 4) is 0 Å². The van der Waals surface area contributed by atoms with Gasteiger partial charge in [0.25, 0.3) is 0 Å². The minimum atomic E-state index is -3.01. The number of carbonyl (C=O) groups is 1. The number of rotatable bonds is 5. The highest BCUT2D eigenvalue weighted by Crippen LogP contribution is 2.27. The Morgan fingerprint density at radius 1 is 1.43 bits per heavy atom. The van der Waals surface area contributed by atoms with E-state index in [1.54, 1.807) is 6.92 Å². The molecule has 21 heavy (non-hydrogen) atoms. The zero-order chi connectivity index (χ0) is 15.5. The summed E-state index contributed by atoms with van der Waals surface area (Å²) < 4.78 is 23.0. The molecule has 1 aliphatic heterocycles. The van der Waals surface area contributed by atoms with Crippen LogP contribution in [-0.4, -0.2) is 37.1 Å². The molecule has 116 valence electrons. The Kier molecular flexibility index (Phi) is 5.22. The number of amides is 1. The van der Waals surface area contributed by atoms with Crippen LogP contribution in [0, 0.1) is 0 Å². The van der Waals surface area contributed by atoms with Crippen LogP contribution in [0.3, 0.4) is 0 Å².